The average Bonchev–Trinajstić information content (AvgIpc) is 2.80. The molecule has 0 atom stereocenters. The quantitative estimate of drug-likeness (QED) is 0.779. The van der Waals surface area contributed by atoms with Crippen LogP contribution in [-0.2, 0) is 0 Å². The minimum Gasteiger partial charge on any atom is -0.288 e. The molecular formula is C12H4ClN5. The number of rotatable bonds is 1. The van der Waals surface area contributed by atoms with E-state index >= 15 is 0 Å². The van der Waals surface area contributed by atoms with Crippen molar-refractivity contribution in [1.82, 2.24) is 9.55 Å². The van der Waals surface area contributed by atoms with Crippen LogP contribution in [0.15, 0.2) is 24.5 Å². The Morgan fingerprint density at radius 3 is 2.50 bits per heavy atom. The smallest absolute Gasteiger partial charge is 0.177 e. The van der Waals surface area contributed by atoms with Crippen LogP contribution in [0.4, 0.5) is 0 Å². The highest BCUT2D eigenvalue weighted by atomic mass is 35.5. The molecule has 6 heteroatoms. The first kappa shape index (κ1) is 11.7. The zero-order valence-electron chi connectivity index (χ0n) is 8.92. The molecule has 84 valence electrons. The summed E-state index contributed by atoms with van der Waals surface area (Å²) in [5, 5.41) is 27.2. The highest BCUT2D eigenvalue weighted by Gasteiger charge is 2.15. The fraction of sp³-hybridized carbons (Fsp3) is 0. The van der Waals surface area contributed by atoms with Gasteiger partial charge in [0.1, 0.15) is 24.5 Å². The standard InChI is InChI=1S/C12H4ClN5/c13-9-2-1-3-11(8(9)4-14)18-7-17-10(5-15)12(18)6-16/h1-3,7H. The topological polar surface area (TPSA) is 89.2 Å². The fourth-order valence-corrected chi connectivity index (χ4v) is 1.76. The molecule has 0 radical (unpaired) electrons. The van der Waals surface area contributed by atoms with Crippen molar-refractivity contribution in [3.63, 3.8) is 0 Å². The second-order valence-electron chi connectivity index (χ2n) is 3.28. The Morgan fingerprint density at radius 2 is 1.89 bits per heavy atom. The molecular weight excluding hydrogens is 250 g/mol. The van der Waals surface area contributed by atoms with E-state index in [2.05, 4.69) is 4.98 Å². The zero-order chi connectivity index (χ0) is 13.1. The normalized spacial score (nSPS) is 9.22. The third-order valence-electron chi connectivity index (χ3n) is 2.34. The lowest BCUT2D eigenvalue weighted by molar-refractivity contribution is 1.03. The van der Waals surface area contributed by atoms with Crippen LogP contribution < -0.4 is 0 Å². The summed E-state index contributed by atoms with van der Waals surface area (Å²) in [5.41, 5.74) is 0.755. The summed E-state index contributed by atoms with van der Waals surface area (Å²) in [6, 6.07) is 10.5. The van der Waals surface area contributed by atoms with E-state index in [9.17, 15) is 0 Å². The lowest BCUT2D eigenvalue weighted by Gasteiger charge is -2.06. The van der Waals surface area contributed by atoms with Gasteiger partial charge >= 0.3 is 0 Å². The molecule has 0 fully saturated rings. The van der Waals surface area contributed by atoms with Crippen molar-refractivity contribution in [1.29, 1.82) is 15.8 Å². The van der Waals surface area contributed by atoms with Crippen molar-refractivity contribution in [3.05, 3.63) is 46.5 Å². The van der Waals surface area contributed by atoms with Crippen LogP contribution in [0, 0.1) is 34.0 Å². The Labute approximate surface area is 108 Å². The van der Waals surface area contributed by atoms with E-state index < -0.39 is 0 Å². The molecule has 0 bridgehead atoms. The number of halogens is 1. The van der Waals surface area contributed by atoms with Crippen molar-refractivity contribution < 1.29 is 0 Å². The molecule has 1 aromatic heterocycles. The lowest BCUT2D eigenvalue weighted by Crippen LogP contribution is -2.00. The third kappa shape index (κ3) is 1.68. The van der Waals surface area contributed by atoms with Crippen molar-refractivity contribution in [2.24, 2.45) is 0 Å². The Balaban J connectivity index is 2.77. The van der Waals surface area contributed by atoms with Gasteiger partial charge in [0.05, 0.1) is 16.3 Å². The van der Waals surface area contributed by atoms with Crippen molar-refractivity contribution in [2.75, 3.05) is 0 Å². The van der Waals surface area contributed by atoms with E-state index in [1.165, 1.54) is 10.9 Å². The molecule has 0 saturated carbocycles. The van der Waals surface area contributed by atoms with E-state index in [0.29, 0.717) is 5.69 Å². The third-order valence-corrected chi connectivity index (χ3v) is 2.66. The minimum atomic E-state index is 0.0152. The summed E-state index contributed by atoms with van der Waals surface area (Å²) in [4.78, 5) is 3.81. The predicted octanol–water partition coefficient (Wildman–Crippen LogP) is 2.14. The predicted molar refractivity (Wildman–Crippen MR) is 62.7 cm³/mol. The molecule has 1 heterocycles. The van der Waals surface area contributed by atoms with Gasteiger partial charge in [0, 0.05) is 0 Å². The number of nitriles is 3. The number of hydrogen-bond acceptors (Lipinski definition) is 4. The molecule has 5 nitrogen and oxygen atoms in total. The van der Waals surface area contributed by atoms with E-state index in [4.69, 9.17) is 27.4 Å². The summed E-state index contributed by atoms with van der Waals surface area (Å²) >= 11 is 5.91. The number of aromatic nitrogens is 2. The van der Waals surface area contributed by atoms with Crippen LogP contribution in [0.1, 0.15) is 17.0 Å². The molecule has 0 spiro atoms. The van der Waals surface area contributed by atoms with Gasteiger partial charge in [-0.1, -0.05) is 17.7 Å². The van der Waals surface area contributed by atoms with Crippen LogP contribution in [0.5, 0.6) is 0 Å². The van der Waals surface area contributed by atoms with Crippen LogP contribution >= 0.6 is 11.6 Å². The summed E-state index contributed by atoms with van der Waals surface area (Å²) in [5.74, 6) is 0. The minimum absolute atomic E-state index is 0.0152. The monoisotopic (exact) mass is 253 g/mol. The molecule has 0 N–H and O–H groups in total. The molecule has 2 rings (SSSR count). The highest BCUT2D eigenvalue weighted by Crippen LogP contribution is 2.24. The first-order valence-electron chi connectivity index (χ1n) is 4.79. The summed E-state index contributed by atoms with van der Waals surface area (Å²) in [6.45, 7) is 0. The molecule has 1 aromatic carbocycles. The molecule has 2 aromatic rings. The second kappa shape index (κ2) is 4.59. The van der Waals surface area contributed by atoms with Gasteiger partial charge in [-0.15, -0.1) is 0 Å². The Hall–Kier alpha value is -2.81. The molecule has 0 aliphatic heterocycles. The van der Waals surface area contributed by atoms with Crippen LogP contribution in [0.25, 0.3) is 5.69 Å². The molecule has 0 saturated heterocycles. The van der Waals surface area contributed by atoms with Gasteiger partial charge in [-0.2, -0.15) is 15.8 Å². The molecule has 0 aliphatic rings. The zero-order valence-corrected chi connectivity index (χ0v) is 9.68. The van der Waals surface area contributed by atoms with Crippen LogP contribution in [0.3, 0.4) is 0 Å². The Bertz CT molecular complexity index is 739. The maximum atomic E-state index is 9.07. The van der Waals surface area contributed by atoms with Gasteiger partial charge < -0.3 is 0 Å². The van der Waals surface area contributed by atoms with Crippen molar-refractivity contribution in [2.45, 2.75) is 0 Å². The van der Waals surface area contributed by atoms with E-state index in [-0.39, 0.29) is 22.0 Å². The summed E-state index contributed by atoms with van der Waals surface area (Å²) in [6.07, 6.45) is 1.32. The highest BCUT2D eigenvalue weighted by molar-refractivity contribution is 6.32. The second-order valence-corrected chi connectivity index (χ2v) is 3.69. The number of imidazole rings is 1. The Morgan fingerprint density at radius 1 is 1.11 bits per heavy atom. The van der Waals surface area contributed by atoms with Gasteiger partial charge in [0.15, 0.2) is 11.4 Å². The summed E-state index contributed by atoms with van der Waals surface area (Å²) < 4.78 is 1.38. The molecule has 0 amide bonds. The maximum Gasteiger partial charge on any atom is 0.177 e. The molecule has 0 aliphatic carbocycles. The number of nitrogens with zero attached hydrogens (tertiary/aromatic N) is 5. The van der Waals surface area contributed by atoms with Gasteiger partial charge in [0.25, 0.3) is 0 Å². The van der Waals surface area contributed by atoms with Gasteiger partial charge in [0.2, 0.25) is 0 Å². The van der Waals surface area contributed by atoms with Gasteiger partial charge in [-0.05, 0) is 12.1 Å². The first-order valence-corrected chi connectivity index (χ1v) is 5.17. The van der Waals surface area contributed by atoms with Crippen molar-refractivity contribution >= 4 is 11.6 Å². The molecule has 0 unspecified atom stereocenters. The number of benzene rings is 1. The molecule has 18 heavy (non-hydrogen) atoms. The van der Waals surface area contributed by atoms with E-state index in [1.54, 1.807) is 18.2 Å². The van der Waals surface area contributed by atoms with Crippen LogP contribution in [0.2, 0.25) is 5.02 Å². The van der Waals surface area contributed by atoms with E-state index in [1.807, 2.05) is 18.2 Å². The largest absolute Gasteiger partial charge is 0.288 e. The lowest BCUT2D eigenvalue weighted by atomic mass is 10.2. The van der Waals surface area contributed by atoms with Crippen molar-refractivity contribution in [3.8, 4) is 23.9 Å². The van der Waals surface area contributed by atoms with Gasteiger partial charge in [-0.3, -0.25) is 4.57 Å². The average molecular weight is 254 g/mol. The van der Waals surface area contributed by atoms with E-state index in [0.717, 1.165) is 0 Å². The maximum absolute atomic E-state index is 9.07. The summed E-state index contributed by atoms with van der Waals surface area (Å²) in [7, 11) is 0. The fourth-order valence-electron chi connectivity index (χ4n) is 1.54. The first-order chi connectivity index (χ1) is 8.72. The number of hydrogen-bond donors (Lipinski definition) is 0. The SMILES string of the molecule is N#Cc1ncn(-c2cccc(Cl)c2C#N)c1C#N. The van der Waals surface area contributed by atoms with Gasteiger partial charge in [-0.25, -0.2) is 4.98 Å². The Kier molecular flexibility index (Phi) is 2.98. The van der Waals surface area contributed by atoms with Crippen LogP contribution in [-0.4, -0.2) is 9.55 Å².